The molecule has 4 fully saturated rings. The van der Waals surface area contributed by atoms with Crippen LogP contribution in [-0.4, -0.2) is 11.2 Å². The van der Waals surface area contributed by atoms with Crippen molar-refractivity contribution in [2.75, 3.05) is 0 Å². The summed E-state index contributed by atoms with van der Waals surface area (Å²) in [5.74, 6) is 3.65. The molecule has 0 amide bonds. The molecule has 1 atom stereocenters. The van der Waals surface area contributed by atoms with Crippen molar-refractivity contribution in [3.63, 3.8) is 0 Å². The first-order valence-electron chi connectivity index (χ1n) is 6.76. The topological polar surface area (TPSA) is 20.2 Å². The Morgan fingerprint density at radius 2 is 1.69 bits per heavy atom. The maximum Gasteiger partial charge on any atom is 0.0758 e. The fourth-order valence-corrected chi connectivity index (χ4v) is 4.46. The zero-order chi connectivity index (χ0) is 11.1. The molecule has 0 aliphatic heterocycles. The van der Waals surface area contributed by atoms with Gasteiger partial charge in [0.25, 0.3) is 0 Å². The molecule has 4 aliphatic rings. The average molecular weight is 218 g/mol. The van der Waals surface area contributed by atoms with Crippen molar-refractivity contribution in [2.45, 2.75) is 44.6 Å². The quantitative estimate of drug-likeness (QED) is 0.721. The third-order valence-electron chi connectivity index (χ3n) is 4.87. The minimum absolute atomic E-state index is 0.287. The number of aliphatic hydroxyl groups is 1. The summed E-state index contributed by atoms with van der Waals surface area (Å²) in [5.41, 5.74) is 1.60. The van der Waals surface area contributed by atoms with E-state index in [0.29, 0.717) is 6.42 Å². The summed E-state index contributed by atoms with van der Waals surface area (Å²) >= 11 is 0. The summed E-state index contributed by atoms with van der Waals surface area (Å²) in [6, 6.07) is 0. The smallest absolute Gasteiger partial charge is 0.0758 e. The SMILES string of the molecule is C=CC[C@@H](O)C=C1C2CC3CC(C2)CC1C3. The molecule has 4 rings (SSSR count). The van der Waals surface area contributed by atoms with Crippen LogP contribution < -0.4 is 0 Å². The van der Waals surface area contributed by atoms with Gasteiger partial charge in [-0.1, -0.05) is 17.7 Å². The highest BCUT2D eigenvalue weighted by atomic mass is 16.3. The van der Waals surface area contributed by atoms with Crippen LogP contribution in [-0.2, 0) is 0 Å². The molecule has 4 bridgehead atoms. The van der Waals surface area contributed by atoms with Crippen LogP contribution >= 0.6 is 0 Å². The van der Waals surface area contributed by atoms with Crippen molar-refractivity contribution in [3.05, 3.63) is 24.3 Å². The second-order valence-corrected chi connectivity index (χ2v) is 6.06. The van der Waals surface area contributed by atoms with Crippen LogP contribution in [0.5, 0.6) is 0 Å². The summed E-state index contributed by atoms with van der Waals surface area (Å²) in [7, 11) is 0. The van der Waals surface area contributed by atoms with Gasteiger partial charge < -0.3 is 5.11 Å². The van der Waals surface area contributed by atoms with E-state index in [2.05, 4.69) is 12.7 Å². The molecule has 4 saturated carbocycles. The Morgan fingerprint density at radius 1 is 1.12 bits per heavy atom. The minimum Gasteiger partial charge on any atom is -0.389 e. The highest BCUT2D eigenvalue weighted by Crippen LogP contribution is 2.56. The second kappa shape index (κ2) is 4.03. The third kappa shape index (κ3) is 1.75. The summed E-state index contributed by atoms with van der Waals surface area (Å²) in [6.07, 6.45) is 11.5. The van der Waals surface area contributed by atoms with E-state index in [-0.39, 0.29) is 6.10 Å². The van der Waals surface area contributed by atoms with Gasteiger partial charge in [-0.3, -0.25) is 0 Å². The van der Waals surface area contributed by atoms with Crippen LogP contribution in [0.1, 0.15) is 38.5 Å². The van der Waals surface area contributed by atoms with Gasteiger partial charge in [0.2, 0.25) is 0 Å². The highest BCUT2D eigenvalue weighted by molar-refractivity contribution is 5.21. The maximum absolute atomic E-state index is 9.89. The van der Waals surface area contributed by atoms with Gasteiger partial charge in [-0.25, -0.2) is 0 Å². The Labute approximate surface area is 98.2 Å². The largest absolute Gasteiger partial charge is 0.389 e. The summed E-state index contributed by atoms with van der Waals surface area (Å²) in [5, 5.41) is 9.89. The fraction of sp³-hybridized carbons (Fsp3) is 0.733. The van der Waals surface area contributed by atoms with Gasteiger partial charge in [0.05, 0.1) is 6.10 Å². The van der Waals surface area contributed by atoms with Gasteiger partial charge in [0, 0.05) is 0 Å². The Hall–Kier alpha value is -0.560. The van der Waals surface area contributed by atoms with Crippen LogP contribution in [0.25, 0.3) is 0 Å². The number of rotatable bonds is 3. The summed E-state index contributed by atoms with van der Waals surface area (Å²) < 4.78 is 0. The zero-order valence-electron chi connectivity index (χ0n) is 9.94. The molecule has 0 heterocycles. The van der Waals surface area contributed by atoms with Crippen molar-refractivity contribution in [1.29, 1.82) is 0 Å². The normalized spacial score (nSPS) is 42.2. The Morgan fingerprint density at radius 3 is 2.19 bits per heavy atom. The molecule has 0 radical (unpaired) electrons. The van der Waals surface area contributed by atoms with Crippen LogP contribution in [0.15, 0.2) is 24.3 Å². The minimum atomic E-state index is -0.287. The lowest BCUT2D eigenvalue weighted by molar-refractivity contribution is 0.0672. The maximum atomic E-state index is 9.89. The van der Waals surface area contributed by atoms with E-state index >= 15 is 0 Å². The molecule has 4 aliphatic carbocycles. The first kappa shape index (κ1) is 10.6. The Balaban J connectivity index is 1.78. The van der Waals surface area contributed by atoms with Crippen LogP contribution in [0, 0.1) is 23.7 Å². The van der Waals surface area contributed by atoms with E-state index in [9.17, 15) is 5.11 Å². The highest BCUT2D eigenvalue weighted by Gasteiger charge is 2.44. The standard InChI is InChI=1S/C15H22O/c1-2-3-14(16)9-15-12-5-10-4-11(7-12)8-13(15)6-10/h2,9-14,16H,1,3-8H2/t10?,11?,12?,13?,14-/m1/s1. The molecule has 1 nitrogen and oxygen atoms in total. The lowest BCUT2D eigenvalue weighted by Crippen LogP contribution is -2.40. The molecule has 1 heteroatoms. The Bertz CT molecular complexity index is 285. The molecular formula is C15H22O. The lowest BCUT2D eigenvalue weighted by atomic mass is 9.54. The van der Waals surface area contributed by atoms with E-state index in [1.807, 2.05) is 6.08 Å². The number of hydrogen-bond acceptors (Lipinski definition) is 1. The van der Waals surface area contributed by atoms with Gasteiger partial charge in [-0.2, -0.15) is 0 Å². The molecule has 0 unspecified atom stereocenters. The van der Waals surface area contributed by atoms with Crippen molar-refractivity contribution < 1.29 is 5.11 Å². The predicted octanol–water partition coefficient (Wildman–Crippen LogP) is 3.31. The first-order chi connectivity index (χ1) is 7.76. The molecule has 0 aromatic carbocycles. The van der Waals surface area contributed by atoms with Crippen molar-refractivity contribution in [2.24, 2.45) is 23.7 Å². The summed E-state index contributed by atoms with van der Waals surface area (Å²) in [4.78, 5) is 0. The van der Waals surface area contributed by atoms with Crippen molar-refractivity contribution in [3.8, 4) is 0 Å². The summed E-state index contributed by atoms with van der Waals surface area (Å²) in [6.45, 7) is 3.70. The van der Waals surface area contributed by atoms with Crippen LogP contribution in [0.4, 0.5) is 0 Å². The number of aliphatic hydroxyl groups excluding tert-OH is 1. The lowest BCUT2D eigenvalue weighted by Gasteiger charge is -2.51. The van der Waals surface area contributed by atoms with E-state index in [4.69, 9.17) is 0 Å². The van der Waals surface area contributed by atoms with Crippen LogP contribution in [0.2, 0.25) is 0 Å². The van der Waals surface area contributed by atoms with Gasteiger partial charge >= 0.3 is 0 Å². The second-order valence-electron chi connectivity index (χ2n) is 6.06. The van der Waals surface area contributed by atoms with Crippen molar-refractivity contribution in [1.82, 2.24) is 0 Å². The molecule has 16 heavy (non-hydrogen) atoms. The van der Waals surface area contributed by atoms with Crippen LogP contribution in [0.3, 0.4) is 0 Å². The van der Waals surface area contributed by atoms with Gasteiger partial charge in [-0.15, -0.1) is 6.58 Å². The van der Waals surface area contributed by atoms with Gasteiger partial charge in [-0.05, 0) is 62.2 Å². The third-order valence-corrected chi connectivity index (χ3v) is 4.87. The monoisotopic (exact) mass is 218 g/mol. The van der Waals surface area contributed by atoms with E-state index in [1.165, 1.54) is 32.1 Å². The molecule has 88 valence electrons. The molecule has 0 saturated heterocycles. The van der Waals surface area contributed by atoms with E-state index in [1.54, 1.807) is 5.57 Å². The number of allylic oxidation sites excluding steroid dienone is 1. The molecule has 0 spiro atoms. The molecular weight excluding hydrogens is 196 g/mol. The zero-order valence-corrected chi connectivity index (χ0v) is 9.94. The average Bonchev–Trinajstić information content (AvgIpc) is 2.23. The molecule has 0 aromatic heterocycles. The molecule has 1 N–H and O–H groups in total. The van der Waals surface area contributed by atoms with Gasteiger partial charge in [0.15, 0.2) is 0 Å². The first-order valence-corrected chi connectivity index (χ1v) is 6.76. The molecule has 0 aromatic rings. The fourth-order valence-electron chi connectivity index (χ4n) is 4.46. The van der Waals surface area contributed by atoms with Gasteiger partial charge in [0.1, 0.15) is 0 Å². The van der Waals surface area contributed by atoms with E-state index in [0.717, 1.165) is 23.7 Å². The Kier molecular flexibility index (Phi) is 2.67. The predicted molar refractivity (Wildman–Crippen MR) is 65.9 cm³/mol. The number of hydrogen-bond donors (Lipinski definition) is 1. The van der Waals surface area contributed by atoms with Crippen molar-refractivity contribution >= 4 is 0 Å². The van der Waals surface area contributed by atoms with E-state index < -0.39 is 0 Å².